The topological polar surface area (TPSA) is 109 Å². The number of benzene rings is 1. The molecule has 0 saturated carbocycles. The molecule has 3 aromatic rings. The normalized spacial score (nSPS) is 10.5. The number of nitrogens with zero attached hydrogens (tertiary/aromatic N) is 4. The Morgan fingerprint density at radius 1 is 1.31 bits per heavy atom. The van der Waals surface area contributed by atoms with Gasteiger partial charge in [0.2, 0.25) is 0 Å². The summed E-state index contributed by atoms with van der Waals surface area (Å²) >= 11 is 1.26. The number of amides is 1. The van der Waals surface area contributed by atoms with Gasteiger partial charge in [0.25, 0.3) is 5.69 Å². The lowest BCUT2D eigenvalue weighted by atomic mass is 10.2. The van der Waals surface area contributed by atoms with Gasteiger partial charge in [0.05, 0.1) is 17.2 Å². The van der Waals surface area contributed by atoms with Crippen molar-refractivity contribution >= 4 is 28.1 Å². The number of aromatic nitrogens is 2. The standard InChI is InChI=1S/C17H14N4O4S/c1-11-16(26-15(19-11)13-3-2-8-18-9-13)20(17(22)23)10-12-4-6-14(7-5-12)21(24)25/h2-9H,10H2,1H3,(H,22,23). The van der Waals surface area contributed by atoms with Crippen LogP contribution in [-0.4, -0.2) is 26.1 Å². The molecule has 0 unspecified atom stereocenters. The Morgan fingerprint density at radius 3 is 2.62 bits per heavy atom. The molecule has 2 heterocycles. The van der Waals surface area contributed by atoms with Crippen LogP contribution in [0.25, 0.3) is 10.6 Å². The van der Waals surface area contributed by atoms with Crippen LogP contribution in [0.1, 0.15) is 11.3 Å². The first-order valence-electron chi connectivity index (χ1n) is 7.57. The Labute approximate surface area is 152 Å². The van der Waals surface area contributed by atoms with E-state index in [1.807, 2.05) is 6.07 Å². The van der Waals surface area contributed by atoms with Gasteiger partial charge in [-0.25, -0.2) is 9.78 Å². The maximum absolute atomic E-state index is 11.8. The zero-order chi connectivity index (χ0) is 18.7. The predicted molar refractivity (Wildman–Crippen MR) is 97.4 cm³/mol. The highest BCUT2D eigenvalue weighted by Crippen LogP contribution is 2.35. The van der Waals surface area contributed by atoms with Crippen molar-refractivity contribution in [2.75, 3.05) is 4.90 Å². The van der Waals surface area contributed by atoms with Gasteiger partial charge in [0, 0.05) is 30.1 Å². The molecule has 8 nitrogen and oxygen atoms in total. The van der Waals surface area contributed by atoms with Gasteiger partial charge in [-0.1, -0.05) is 23.5 Å². The second kappa shape index (κ2) is 7.28. The molecule has 0 fully saturated rings. The van der Waals surface area contributed by atoms with Gasteiger partial charge in [-0.2, -0.15) is 0 Å². The zero-order valence-electron chi connectivity index (χ0n) is 13.7. The van der Waals surface area contributed by atoms with Crippen molar-refractivity contribution in [3.05, 3.63) is 70.2 Å². The zero-order valence-corrected chi connectivity index (χ0v) is 14.5. The summed E-state index contributed by atoms with van der Waals surface area (Å²) in [6, 6.07) is 9.46. The molecule has 0 saturated heterocycles. The van der Waals surface area contributed by atoms with E-state index in [0.717, 1.165) is 5.56 Å². The van der Waals surface area contributed by atoms with Gasteiger partial charge >= 0.3 is 6.09 Å². The van der Waals surface area contributed by atoms with Crippen molar-refractivity contribution < 1.29 is 14.8 Å². The summed E-state index contributed by atoms with van der Waals surface area (Å²) in [7, 11) is 0. The predicted octanol–water partition coefficient (Wildman–Crippen LogP) is 4.11. The second-order valence-electron chi connectivity index (χ2n) is 5.44. The molecule has 132 valence electrons. The summed E-state index contributed by atoms with van der Waals surface area (Å²) < 4.78 is 0. The minimum absolute atomic E-state index is 0.0385. The molecule has 0 aliphatic heterocycles. The third kappa shape index (κ3) is 3.67. The first kappa shape index (κ1) is 17.5. The van der Waals surface area contributed by atoms with Crippen LogP contribution in [0.15, 0.2) is 48.8 Å². The third-order valence-corrected chi connectivity index (χ3v) is 4.87. The van der Waals surface area contributed by atoms with E-state index < -0.39 is 11.0 Å². The number of pyridine rings is 1. The number of nitro groups is 1. The molecule has 1 N–H and O–H groups in total. The molecule has 0 atom stereocenters. The summed E-state index contributed by atoms with van der Waals surface area (Å²) in [5.74, 6) is 0. The van der Waals surface area contributed by atoms with E-state index in [1.54, 1.807) is 37.5 Å². The maximum atomic E-state index is 11.8. The van der Waals surface area contributed by atoms with Crippen LogP contribution in [0.3, 0.4) is 0 Å². The van der Waals surface area contributed by atoms with Gasteiger partial charge in [-0.15, -0.1) is 0 Å². The lowest BCUT2D eigenvalue weighted by molar-refractivity contribution is -0.384. The van der Waals surface area contributed by atoms with E-state index in [9.17, 15) is 20.0 Å². The van der Waals surface area contributed by atoms with Crippen LogP contribution in [0, 0.1) is 17.0 Å². The number of thiazole rings is 1. The molecule has 26 heavy (non-hydrogen) atoms. The Morgan fingerprint density at radius 2 is 2.04 bits per heavy atom. The number of aryl methyl sites for hydroxylation is 1. The molecular formula is C17H14N4O4S. The number of hydrogen-bond acceptors (Lipinski definition) is 6. The third-order valence-electron chi connectivity index (χ3n) is 3.64. The Kier molecular flexibility index (Phi) is 4.90. The van der Waals surface area contributed by atoms with Crippen molar-refractivity contribution in [2.24, 2.45) is 0 Å². The van der Waals surface area contributed by atoms with E-state index in [4.69, 9.17) is 0 Å². The molecule has 3 rings (SSSR count). The Balaban J connectivity index is 1.90. The quantitative estimate of drug-likeness (QED) is 0.535. The molecule has 1 aromatic carbocycles. The monoisotopic (exact) mass is 370 g/mol. The van der Waals surface area contributed by atoms with Crippen LogP contribution < -0.4 is 4.90 Å². The van der Waals surface area contributed by atoms with Crippen molar-refractivity contribution in [2.45, 2.75) is 13.5 Å². The van der Waals surface area contributed by atoms with Gasteiger partial charge in [-0.05, 0) is 24.6 Å². The molecule has 0 radical (unpaired) electrons. The van der Waals surface area contributed by atoms with Crippen molar-refractivity contribution in [3.8, 4) is 10.6 Å². The SMILES string of the molecule is Cc1nc(-c2cccnc2)sc1N(Cc1ccc([N+](=O)[O-])cc1)C(=O)O. The highest BCUT2D eigenvalue weighted by atomic mass is 32.1. The van der Waals surface area contributed by atoms with Crippen LogP contribution in [0.4, 0.5) is 15.5 Å². The summed E-state index contributed by atoms with van der Waals surface area (Å²) in [5.41, 5.74) is 2.02. The lowest BCUT2D eigenvalue weighted by Crippen LogP contribution is -2.28. The number of non-ortho nitro benzene ring substituents is 1. The minimum atomic E-state index is -1.12. The summed E-state index contributed by atoms with van der Waals surface area (Å²) in [5, 5.41) is 21.5. The second-order valence-corrected chi connectivity index (χ2v) is 6.42. The number of rotatable bonds is 5. The van der Waals surface area contributed by atoms with E-state index >= 15 is 0 Å². The smallest absolute Gasteiger partial charge is 0.412 e. The minimum Gasteiger partial charge on any atom is -0.465 e. The number of carboxylic acid groups (broad SMARTS) is 1. The average Bonchev–Trinajstić information content (AvgIpc) is 3.02. The number of carbonyl (C=O) groups is 1. The highest BCUT2D eigenvalue weighted by Gasteiger charge is 2.22. The fourth-order valence-corrected chi connectivity index (χ4v) is 3.43. The van der Waals surface area contributed by atoms with E-state index in [0.29, 0.717) is 21.3 Å². The van der Waals surface area contributed by atoms with Crippen LogP contribution in [0.2, 0.25) is 0 Å². The first-order chi connectivity index (χ1) is 12.5. The van der Waals surface area contributed by atoms with Crippen molar-refractivity contribution in [3.63, 3.8) is 0 Å². The molecule has 1 amide bonds. The molecule has 0 bridgehead atoms. The molecule has 9 heteroatoms. The molecule has 0 aliphatic carbocycles. The van der Waals surface area contributed by atoms with Gasteiger partial charge in [0.1, 0.15) is 10.0 Å². The highest BCUT2D eigenvalue weighted by molar-refractivity contribution is 7.19. The van der Waals surface area contributed by atoms with Gasteiger partial charge in [-0.3, -0.25) is 20.0 Å². The van der Waals surface area contributed by atoms with Gasteiger partial charge < -0.3 is 5.11 Å². The molecule has 0 spiro atoms. The van der Waals surface area contributed by atoms with Crippen molar-refractivity contribution in [1.29, 1.82) is 0 Å². The Bertz CT molecular complexity index is 941. The summed E-state index contributed by atoms with van der Waals surface area (Å²) in [4.78, 5) is 31.7. The van der Waals surface area contributed by atoms with Gasteiger partial charge in [0.15, 0.2) is 0 Å². The summed E-state index contributed by atoms with van der Waals surface area (Å²) in [6.07, 6.45) is 2.21. The molecule has 2 aromatic heterocycles. The van der Waals surface area contributed by atoms with Crippen LogP contribution >= 0.6 is 11.3 Å². The molecular weight excluding hydrogens is 356 g/mol. The number of nitro benzene ring substituents is 1. The first-order valence-corrected chi connectivity index (χ1v) is 8.39. The Hall–Kier alpha value is -3.33. The average molecular weight is 370 g/mol. The lowest BCUT2D eigenvalue weighted by Gasteiger charge is -2.17. The van der Waals surface area contributed by atoms with E-state index in [-0.39, 0.29) is 12.2 Å². The number of anilines is 1. The van der Waals surface area contributed by atoms with Crippen LogP contribution in [0.5, 0.6) is 0 Å². The summed E-state index contributed by atoms with van der Waals surface area (Å²) in [6.45, 7) is 1.82. The molecule has 0 aliphatic rings. The fraction of sp³-hybridized carbons (Fsp3) is 0.118. The largest absolute Gasteiger partial charge is 0.465 e. The van der Waals surface area contributed by atoms with Crippen molar-refractivity contribution in [1.82, 2.24) is 9.97 Å². The number of hydrogen-bond donors (Lipinski definition) is 1. The fourth-order valence-electron chi connectivity index (χ4n) is 2.38. The van der Waals surface area contributed by atoms with Crippen LogP contribution in [-0.2, 0) is 6.54 Å². The van der Waals surface area contributed by atoms with E-state index in [1.165, 1.54) is 28.4 Å². The maximum Gasteiger partial charge on any atom is 0.412 e. The van der Waals surface area contributed by atoms with E-state index in [2.05, 4.69) is 9.97 Å².